The Kier molecular flexibility index (Phi) is 10.4. The van der Waals surface area contributed by atoms with Gasteiger partial charge in [0.25, 0.3) is 0 Å². The molecule has 1 spiro atoms. The molecule has 7 rings (SSSR count). The molecule has 9 nitrogen and oxygen atoms in total. The average molecular weight is 605 g/mol. The third-order valence-electron chi connectivity index (χ3n) is 8.86. The Hall–Kier alpha value is -3.63. The molecule has 44 heavy (non-hydrogen) atoms. The van der Waals surface area contributed by atoms with E-state index < -0.39 is 5.82 Å². The molecule has 0 atom stereocenters. The first-order valence-corrected chi connectivity index (χ1v) is 15.8. The molecular weight excluding hydrogens is 559 g/mol. The van der Waals surface area contributed by atoms with Gasteiger partial charge in [-0.25, -0.2) is 14.4 Å². The molecule has 0 amide bonds. The van der Waals surface area contributed by atoms with Crippen molar-refractivity contribution in [3.05, 3.63) is 65.6 Å². The molecule has 3 aromatic rings. The molecular formula is C34H45FN6O3. The van der Waals surface area contributed by atoms with E-state index in [-0.39, 0.29) is 22.8 Å². The molecule has 1 aromatic carbocycles. The smallest absolute Gasteiger partial charge is 0.188 e. The molecule has 1 saturated heterocycles. The van der Waals surface area contributed by atoms with E-state index >= 15 is 0 Å². The zero-order valence-electron chi connectivity index (χ0n) is 26.3. The van der Waals surface area contributed by atoms with Gasteiger partial charge in [0.1, 0.15) is 29.7 Å². The highest BCUT2D eigenvalue weighted by atomic mass is 19.1. The fourth-order valence-corrected chi connectivity index (χ4v) is 5.85. The first-order valence-electron chi connectivity index (χ1n) is 15.8. The van der Waals surface area contributed by atoms with Crippen molar-refractivity contribution in [1.82, 2.24) is 25.6 Å². The quantitative estimate of drug-likeness (QED) is 0.328. The lowest BCUT2D eigenvalue weighted by molar-refractivity contribution is -0.0349. The number of ether oxygens (including phenoxy) is 2. The van der Waals surface area contributed by atoms with Gasteiger partial charge in [-0.1, -0.05) is 40.0 Å². The van der Waals surface area contributed by atoms with Crippen molar-refractivity contribution in [3.63, 3.8) is 0 Å². The number of aromatic nitrogens is 3. The summed E-state index contributed by atoms with van der Waals surface area (Å²) in [6.07, 6.45) is 13.0. The number of anilines is 1. The maximum absolute atomic E-state index is 13.5. The number of pyridine rings is 1. The van der Waals surface area contributed by atoms with Crippen LogP contribution >= 0.6 is 0 Å². The van der Waals surface area contributed by atoms with Crippen LogP contribution in [-0.4, -0.2) is 60.1 Å². The van der Waals surface area contributed by atoms with Crippen LogP contribution in [0.4, 0.5) is 10.2 Å². The van der Waals surface area contributed by atoms with E-state index in [2.05, 4.69) is 51.3 Å². The second kappa shape index (κ2) is 14.4. The van der Waals surface area contributed by atoms with Crippen LogP contribution < -0.4 is 25.0 Å². The number of carbonyl (C=O) groups is 1. The number of benzene rings is 1. The molecule has 2 N–H and O–H groups in total. The molecule has 0 radical (unpaired) electrons. The van der Waals surface area contributed by atoms with Gasteiger partial charge in [0.05, 0.1) is 11.8 Å². The molecule has 2 aromatic heterocycles. The highest BCUT2D eigenvalue weighted by Gasteiger charge is 2.54. The molecule has 4 aliphatic rings. The van der Waals surface area contributed by atoms with Gasteiger partial charge in [-0.2, -0.15) is 0 Å². The topological polar surface area (TPSA) is 102 Å². The molecule has 236 valence electrons. The number of hydrogen-bond donors (Lipinski definition) is 2. The summed E-state index contributed by atoms with van der Waals surface area (Å²) in [5.41, 5.74) is 2.67. The maximum atomic E-state index is 13.5. The summed E-state index contributed by atoms with van der Waals surface area (Å²) in [5.74, 6) is 2.90. The van der Waals surface area contributed by atoms with Crippen molar-refractivity contribution in [1.29, 1.82) is 0 Å². The number of fused-ring (bicyclic) bond motifs is 1. The van der Waals surface area contributed by atoms with Crippen LogP contribution in [0.5, 0.6) is 17.2 Å². The van der Waals surface area contributed by atoms with Gasteiger partial charge < -0.3 is 25.0 Å². The fourth-order valence-electron chi connectivity index (χ4n) is 5.85. The standard InChI is InChI=1S/C25H24FN5O3.C5H10.C4H11N/c26-17-1-2-21(16(7-17)12-32)34-23-11-28-15-30-24(23)31-13-25(14-31)8-18(9-25)33-22-4-6-29-20-3-5-27-10-19(20)22;1-5-3-2-4-5;1-4(2)5-3/h1-2,4,6-7,11-12,15,18,27H,3,5,8-10,13-14H2;5H,2-4H2,1H3;4-5H,1-3H3. The number of rotatable bonds is 7. The molecule has 10 heteroatoms. The summed E-state index contributed by atoms with van der Waals surface area (Å²) in [6.45, 7) is 9.99. The lowest BCUT2D eigenvalue weighted by Gasteiger charge is -2.59. The minimum atomic E-state index is -0.492. The third-order valence-corrected chi connectivity index (χ3v) is 8.86. The lowest BCUT2D eigenvalue weighted by Crippen LogP contribution is -2.65. The molecule has 4 heterocycles. The second-order valence-corrected chi connectivity index (χ2v) is 12.8. The highest BCUT2D eigenvalue weighted by molar-refractivity contribution is 5.79. The van der Waals surface area contributed by atoms with Crippen LogP contribution in [0.25, 0.3) is 0 Å². The fraction of sp³-hybridized carbons (Fsp3) is 0.529. The van der Waals surface area contributed by atoms with E-state index in [1.54, 1.807) is 6.20 Å². The Balaban J connectivity index is 0.000000330. The van der Waals surface area contributed by atoms with E-state index in [9.17, 15) is 9.18 Å². The van der Waals surface area contributed by atoms with E-state index in [1.807, 2.05) is 19.3 Å². The summed E-state index contributed by atoms with van der Waals surface area (Å²) in [4.78, 5) is 26.4. The number of carbonyl (C=O) groups excluding carboxylic acids is 1. The van der Waals surface area contributed by atoms with E-state index in [4.69, 9.17) is 9.47 Å². The van der Waals surface area contributed by atoms with Crippen molar-refractivity contribution in [2.24, 2.45) is 11.3 Å². The number of nitrogens with zero attached hydrogens (tertiary/aromatic N) is 4. The van der Waals surface area contributed by atoms with E-state index in [0.717, 1.165) is 68.9 Å². The van der Waals surface area contributed by atoms with Crippen LogP contribution in [-0.2, 0) is 13.0 Å². The normalized spacial score (nSPS) is 18.4. The van der Waals surface area contributed by atoms with E-state index in [0.29, 0.717) is 23.9 Å². The monoisotopic (exact) mass is 604 g/mol. The van der Waals surface area contributed by atoms with Crippen LogP contribution in [0.3, 0.4) is 0 Å². The Morgan fingerprint density at radius 3 is 2.55 bits per heavy atom. The van der Waals surface area contributed by atoms with Crippen LogP contribution in [0.1, 0.15) is 74.5 Å². The van der Waals surface area contributed by atoms with Gasteiger partial charge in [0.2, 0.25) is 0 Å². The van der Waals surface area contributed by atoms with Crippen molar-refractivity contribution < 1.29 is 18.7 Å². The zero-order valence-corrected chi connectivity index (χ0v) is 26.3. The molecule has 0 bridgehead atoms. The largest absolute Gasteiger partial charge is 0.490 e. The highest BCUT2D eigenvalue weighted by Crippen LogP contribution is 2.52. The van der Waals surface area contributed by atoms with Crippen LogP contribution in [0, 0.1) is 17.2 Å². The summed E-state index contributed by atoms with van der Waals surface area (Å²) in [5, 5.41) is 6.43. The van der Waals surface area contributed by atoms with Crippen molar-refractivity contribution >= 4 is 12.1 Å². The predicted octanol–water partition coefficient (Wildman–Crippen LogP) is 5.73. The molecule has 0 unspecified atom stereocenters. The number of nitrogens with one attached hydrogen (secondary N) is 2. The van der Waals surface area contributed by atoms with Crippen molar-refractivity contribution in [2.45, 2.75) is 78.0 Å². The van der Waals surface area contributed by atoms with Crippen LogP contribution in [0.15, 0.2) is 43.0 Å². The average Bonchev–Trinajstić information content (AvgIpc) is 2.98. The maximum Gasteiger partial charge on any atom is 0.188 e. The lowest BCUT2D eigenvalue weighted by atomic mass is 9.61. The van der Waals surface area contributed by atoms with Gasteiger partial charge in [0, 0.05) is 61.5 Å². The predicted molar refractivity (Wildman–Crippen MR) is 169 cm³/mol. The number of halogens is 1. The van der Waals surface area contributed by atoms with E-state index in [1.165, 1.54) is 43.3 Å². The first-order chi connectivity index (χ1) is 21.3. The summed E-state index contributed by atoms with van der Waals surface area (Å²) >= 11 is 0. The summed E-state index contributed by atoms with van der Waals surface area (Å²) in [7, 11) is 1.95. The van der Waals surface area contributed by atoms with Gasteiger partial charge in [-0.05, 0) is 50.1 Å². The molecule has 2 aliphatic heterocycles. The van der Waals surface area contributed by atoms with Crippen LogP contribution in [0.2, 0.25) is 0 Å². The molecule has 3 fully saturated rings. The van der Waals surface area contributed by atoms with Gasteiger partial charge in [-0.3, -0.25) is 9.78 Å². The third kappa shape index (κ3) is 7.71. The molecule has 2 saturated carbocycles. The number of hydrogen-bond acceptors (Lipinski definition) is 9. The summed E-state index contributed by atoms with van der Waals surface area (Å²) < 4.78 is 25.7. The summed E-state index contributed by atoms with van der Waals surface area (Å²) in [6, 6.07) is 6.45. The zero-order chi connectivity index (χ0) is 31.1. The van der Waals surface area contributed by atoms with Gasteiger partial charge >= 0.3 is 0 Å². The SMILES string of the molecule is CC1CCC1.CNC(C)C.O=Cc1cc(F)ccc1Oc1cncnc1N1CC2(CC(Oc3ccnc4c3CNCC4)C2)C1. The Morgan fingerprint density at radius 2 is 1.89 bits per heavy atom. The van der Waals surface area contributed by atoms with Crippen molar-refractivity contribution in [2.75, 3.05) is 31.6 Å². The Labute approximate surface area is 260 Å². The van der Waals surface area contributed by atoms with Crippen molar-refractivity contribution in [3.8, 4) is 17.2 Å². The molecule has 2 aliphatic carbocycles. The van der Waals surface area contributed by atoms with Gasteiger partial charge in [-0.15, -0.1) is 0 Å². The van der Waals surface area contributed by atoms with Gasteiger partial charge in [0.15, 0.2) is 17.9 Å². The second-order valence-electron chi connectivity index (χ2n) is 12.8. The Bertz CT molecular complexity index is 1400. The minimum absolute atomic E-state index is 0.141. The Morgan fingerprint density at radius 1 is 1.14 bits per heavy atom. The minimum Gasteiger partial charge on any atom is -0.490 e. The first kappa shape index (κ1) is 31.8. The number of aldehydes is 1.